The smallest absolute Gasteiger partial charge is 0.240 e. The minimum absolute atomic E-state index is 0.0814. The Morgan fingerprint density at radius 3 is 2.64 bits per heavy atom. The van der Waals surface area contributed by atoms with Crippen molar-refractivity contribution in [1.82, 2.24) is 5.43 Å². The van der Waals surface area contributed by atoms with Crippen molar-refractivity contribution in [2.24, 2.45) is 5.10 Å². The number of benzene rings is 2. The van der Waals surface area contributed by atoms with E-state index in [1.165, 1.54) is 5.56 Å². The van der Waals surface area contributed by atoms with Gasteiger partial charge in [-0.25, -0.2) is 5.43 Å². The third-order valence-corrected chi connectivity index (χ3v) is 3.24. The molecule has 0 aliphatic heterocycles. The average Bonchev–Trinajstić information content (AvgIpc) is 2.56. The lowest BCUT2D eigenvalue weighted by atomic mass is 10.1. The fraction of sp³-hybridized carbons (Fsp3) is 0.222. The molecule has 0 heterocycles. The van der Waals surface area contributed by atoms with Gasteiger partial charge in [-0.1, -0.05) is 42.5 Å². The Labute approximate surface area is 130 Å². The van der Waals surface area contributed by atoms with Crippen LogP contribution in [0.5, 0.6) is 5.75 Å². The predicted molar refractivity (Wildman–Crippen MR) is 88.1 cm³/mol. The lowest BCUT2D eigenvalue weighted by Gasteiger charge is -2.03. The molecule has 0 spiro atoms. The van der Waals surface area contributed by atoms with Gasteiger partial charge in [0.15, 0.2) is 0 Å². The summed E-state index contributed by atoms with van der Waals surface area (Å²) in [6.45, 7) is 0. The fourth-order valence-corrected chi connectivity index (χ4v) is 2.10. The first-order chi connectivity index (χ1) is 10.8. The Kier molecular flexibility index (Phi) is 6.18. The van der Waals surface area contributed by atoms with E-state index in [2.05, 4.69) is 22.7 Å². The first-order valence-electron chi connectivity index (χ1n) is 7.28. The molecular formula is C18H20N2O2. The standard InChI is InChI=1S/C18H20N2O2/c1-22-17-12-6-5-11-16(17)14-19-20-18(21)13-7-10-15-8-3-2-4-9-15/h2-6,8-9,11-12,14H,7,10,13H2,1H3,(H,20,21)/b19-14+. The lowest BCUT2D eigenvalue weighted by molar-refractivity contribution is -0.121. The maximum absolute atomic E-state index is 11.7. The molecule has 4 heteroatoms. The molecule has 1 N–H and O–H groups in total. The van der Waals surface area contributed by atoms with Gasteiger partial charge in [-0.15, -0.1) is 0 Å². The number of carbonyl (C=O) groups is 1. The van der Waals surface area contributed by atoms with Gasteiger partial charge in [-0.2, -0.15) is 5.10 Å². The highest BCUT2D eigenvalue weighted by atomic mass is 16.5. The number of carbonyl (C=O) groups excluding carboxylic acids is 1. The molecule has 0 atom stereocenters. The molecule has 0 saturated carbocycles. The molecule has 1 amide bonds. The Hall–Kier alpha value is -2.62. The van der Waals surface area contributed by atoms with Crippen molar-refractivity contribution in [3.63, 3.8) is 0 Å². The summed E-state index contributed by atoms with van der Waals surface area (Å²) in [4.78, 5) is 11.7. The Morgan fingerprint density at radius 2 is 1.86 bits per heavy atom. The molecule has 0 aromatic heterocycles. The van der Waals surface area contributed by atoms with Crippen molar-refractivity contribution in [3.05, 3.63) is 65.7 Å². The molecule has 2 aromatic carbocycles. The number of hydrazone groups is 1. The van der Waals surface area contributed by atoms with Gasteiger partial charge in [0.25, 0.3) is 0 Å². The van der Waals surface area contributed by atoms with Gasteiger partial charge in [0.1, 0.15) is 5.75 Å². The quantitative estimate of drug-likeness (QED) is 0.630. The zero-order valence-electron chi connectivity index (χ0n) is 12.7. The molecule has 0 unspecified atom stereocenters. The molecular weight excluding hydrogens is 276 g/mol. The summed E-state index contributed by atoms with van der Waals surface area (Å²) < 4.78 is 5.21. The van der Waals surface area contributed by atoms with Crippen LogP contribution >= 0.6 is 0 Å². The number of rotatable bonds is 7. The van der Waals surface area contributed by atoms with Crippen LogP contribution in [0.4, 0.5) is 0 Å². The second kappa shape index (κ2) is 8.62. The number of hydrogen-bond acceptors (Lipinski definition) is 3. The molecule has 0 aliphatic rings. The number of methoxy groups -OCH3 is 1. The average molecular weight is 296 g/mol. The second-order valence-electron chi connectivity index (χ2n) is 4.87. The summed E-state index contributed by atoms with van der Waals surface area (Å²) in [6.07, 6.45) is 3.75. The third kappa shape index (κ3) is 5.05. The minimum Gasteiger partial charge on any atom is -0.496 e. The van der Waals surface area contributed by atoms with E-state index in [0.29, 0.717) is 6.42 Å². The number of aryl methyl sites for hydroxylation is 1. The zero-order chi connectivity index (χ0) is 15.6. The number of hydrogen-bond donors (Lipinski definition) is 1. The molecule has 4 nitrogen and oxygen atoms in total. The summed E-state index contributed by atoms with van der Waals surface area (Å²) in [6, 6.07) is 17.6. The molecule has 0 radical (unpaired) electrons. The fourth-order valence-electron chi connectivity index (χ4n) is 2.10. The van der Waals surface area contributed by atoms with Gasteiger partial charge in [0, 0.05) is 12.0 Å². The second-order valence-corrected chi connectivity index (χ2v) is 4.87. The number of ether oxygens (including phenoxy) is 1. The molecule has 114 valence electrons. The summed E-state index contributed by atoms with van der Waals surface area (Å²) in [5.74, 6) is 0.645. The van der Waals surface area contributed by atoms with E-state index < -0.39 is 0 Å². The Morgan fingerprint density at radius 1 is 1.14 bits per heavy atom. The highest BCUT2D eigenvalue weighted by Gasteiger charge is 2.01. The summed E-state index contributed by atoms with van der Waals surface area (Å²) in [7, 11) is 1.61. The van der Waals surface area contributed by atoms with Crippen LogP contribution in [0.25, 0.3) is 0 Å². The molecule has 0 fully saturated rings. The number of nitrogens with one attached hydrogen (secondary N) is 1. The van der Waals surface area contributed by atoms with Crippen LogP contribution in [0.15, 0.2) is 59.7 Å². The third-order valence-electron chi connectivity index (χ3n) is 3.24. The van der Waals surface area contributed by atoms with Crippen molar-refractivity contribution in [2.45, 2.75) is 19.3 Å². The molecule has 2 aromatic rings. The Bertz CT molecular complexity index is 624. The van der Waals surface area contributed by atoms with E-state index in [1.807, 2.05) is 42.5 Å². The van der Waals surface area contributed by atoms with E-state index in [9.17, 15) is 4.79 Å². The van der Waals surface area contributed by atoms with Crippen molar-refractivity contribution in [1.29, 1.82) is 0 Å². The van der Waals surface area contributed by atoms with Crippen LogP contribution in [0.2, 0.25) is 0 Å². The van der Waals surface area contributed by atoms with Crippen LogP contribution in [0.1, 0.15) is 24.0 Å². The largest absolute Gasteiger partial charge is 0.496 e. The van der Waals surface area contributed by atoms with Crippen LogP contribution in [-0.4, -0.2) is 19.2 Å². The summed E-state index contributed by atoms with van der Waals surface area (Å²) in [5, 5.41) is 3.97. The summed E-state index contributed by atoms with van der Waals surface area (Å²) >= 11 is 0. The van der Waals surface area contributed by atoms with Gasteiger partial charge in [-0.3, -0.25) is 4.79 Å². The summed E-state index contributed by atoms with van der Waals surface area (Å²) in [5.41, 5.74) is 4.62. The highest BCUT2D eigenvalue weighted by Crippen LogP contribution is 2.14. The Balaban J connectivity index is 1.74. The first-order valence-corrected chi connectivity index (χ1v) is 7.28. The van der Waals surface area contributed by atoms with Crippen LogP contribution < -0.4 is 10.2 Å². The molecule has 22 heavy (non-hydrogen) atoms. The van der Waals surface area contributed by atoms with Crippen molar-refractivity contribution < 1.29 is 9.53 Å². The minimum atomic E-state index is -0.0814. The maximum Gasteiger partial charge on any atom is 0.240 e. The van der Waals surface area contributed by atoms with E-state index in [0.717, 1.165) is 24.2 Å². The van der Waals surface area contributed by atoms with Gasteiger partial charge in [-0.05, 0) is 30.5 Å². The topological polar surface area (TPSA) is 50.7 Å². The first kappa shape index (κ1) is 15.8. The molecule has 0 aliphatic carbocycles. The molecule has 0 bridgehead atoms. The monoisotopic (exact) mass is 296 g/mol. The van der Waals surface area contributed by atoms with Crippen LogP contribution in [-0.2, 0) is 11.2 Å². The predicted octanol–water partition coefficient (Wildman–Crippen LogP) is 3.17. The van der Waals surface area contributed by atoms with Crippen LogP contribution in [0, 0.1) is 0 Å². The number of amides is 1. The number of para-hydroxylation sites is 1. The maximum atomic E-state index is 11.7. The van der Waals surface area contributed by atoms with E-state index in [-0.39, 0.29) is 5.91 Å². The lowest BCUT2D eigenvalue weighted by Crippen LogP contribution is -2.17. The van der Waals surface area contributed by atoms with Gasteiger partial charge in [0.05, 0.1) is 13.3 Å². The van der Waals surface area contributed by atoms with Gasteiger partial charge < -0.3 is 4.74 Å². The zero-order valence-corrected chi connectivity index (χ0v) is 12.7. The van der Waals surface area contributed by atoms with Crippen molar-refractivity contribution in [2.75, 3.05) is 7.11 Å². The van der Waals surface area contributed by atoms with Crippen molar-refractivity contribution in [3.8, 4) is 5.75 Å². The van der Waals surface area contributed by atoms with E-state index in [4.69, 9.17) is 4.74 Å². The molecule has 0 saturated heterocycles. The van der Waals surface area contributed by atoms with E-state index >= 15 is 0 Å². The van der Waals surface area contributed by atoms with Gasteiger partial charge >= 0.3 is 0 Å². The van der Waals surface area contributed by atoms with E-state index in [1.54, 1.807) is 13.3 Å². The number of nitrogens with zero attached hydrogens (tertiary/aromatic N) is 1. The van der Waals surface area contributed by atoms with Crippen molar-refractivity contribution >= 4 is 12.1 Å². The van der Waals surface area contributed by atoms with Gasteiger partial charge in [0.2, 0.25) is 5.91 Å². The normalized spacial score (nSPS) is 10.6. The molecule has 2 rings (SSSR count). The SMILES string of the molecule is COc1ccccc1/C=N/NC(=O)CCCc1ccccc1. The highest BCUT2D eigenvalue weighted by molar-refractivity contribution is 5.85. The van der Waals surface area contributed by atoms with Crippen LogP contribution in [0.3, 0.4) is 0 Å².